The van der Waals surface area contributed by atoms with Gasteiger partial charge in [-0.1, -0.05) is 166 Å². The minimum Gasteiger partial charge on any atom is -0.507 e. The maximum absolute atomic E-state index is 12.4. The summed E-state index contributed by atoms with van der Waals surface area (Å²) in [6, 6.07) is 41.2. The van der Waals surface area contributed by atoms with Gasteiger partial charge in [0.25, 0.3) is 0 Å². The number of phenolic OH excluding ortho intramolecular Hbond substituents is 1. The summed E-state index contributed by atoms with van der Waals surface area (Å²) in [5, 5.41) is 12.4. The van der Waals surface area contributed by atoms with E-state index in [0.29, 0.717) is 33.4 Å². The van der Waals surface area contributed by atoms with Crippen molar-refractivity contribution in [1.29, 1.82) is 0 Å². The number of hydrogen-bond acceptors (Lipinski definition) is 3. The summed E-state index contributed by atoms with van der Waals surface area (Å²) < 4.78 is 56.7. The number of hydrogen-bond donors (Lipinski definition) is 1. The van der Waals surface area contributed by atoms with Crippen molar-refractivity contribution in [2.45, 2.75) is 119 Å². The molecule has 0 atom stereocenters. The Morgan fingerprint density at radius 1 is 0.677 bits per heavy atom. The van der Waals surface area contributed by atoms with Crippen LogP contribution in [0.5, 0.6) is 5.75 Å². The molecule has 0 amide bonds. The van der Waals surface area contributed by atoms with E-state index in [2.05, 4.69) is 90.1 Å². The Bertz CT molecular complexity index is 3290. The fourth-order valence-corrected chi connectivity index (χ4v) is 8.68. The summed E-state index contributed by atoms with van der Waals surface area (Å²) in [5.41, 5.74) is 13.1. The number of phenols is 1. The van der Waals surface area contributed by atoms with Gasteiger partial charge >= 0.3 is 0 Å². The predicted octanol–water partition coefficient (Wildman–Crippen LogP) is 16.7. The Hall–Kier alpha value is -5.57. The zero-order valence-electron chi connectivity index (χ0n) is 45.7. The van der Waals surface area contributed by atoms with Crippen LogP contribution in [0.15, 0.2) is 121 Å². The van der Waals surface area contributed by atoms with Crippen LogP contribution in [-0.4, -0.2) is 19.6 Å². The topological polar surface area (TPSA) is 50.9 Å². The van der Waals surface area contributed by atoms with Crippen LogP contribution in [0, 0.1) is 19.8 Å². The normalized spacial score (nSPS) is 14.0. The zero-order chi connectivity index (χ0) is 51.0. The van der Waals surface area contributed by atoms with Crippen LogP contribution < -0.4 is 0 Å². The summed E-state index contributed by atoms with van der Waals surface area (Å²) in [4.78, 5) is 10.3. The van der Waals surface area contributed by atoms with Gasteiger partial charge in [0.15, 0.2) is 0 Å². The van der Waals surface area contributed by atoms with E-state index in [0.717, 1.165) is 55.8 Å². The standard InChI is InChI=1S/C60H64N3O.Pt/c1-35(2)44-32-51(38(7)8)58(64)52(33-44)59-62-57-50(45-29-46(31-47(30-45)60(11,12)13)53-34-42(26-27-61-53)41-22-20-39(9)21-23-41)18-15-19-55(57)63(59)54-25-24-43(28-40(54)10)56-48(36(3)4)16-14-17-49(56)37(5)6;/h14-28,30-38,64H,1-13H3;/q-1;/i10D3,35D,36D,38D;. The molecule has 0 saturated heterocycles. The molecule has 0 fully saturated rings. The van der Waals surface area contributed by atoms with Gasteiger partial charge in [-0.25, -0.2) is 4.98 Å². The first-order valence-electron chi connectivity index (χ1n) is 25.3. The second-order valence-corrected chi connectivity index (χ2v) is 19.3. The summed E-state index contributed by atoms with van der Waals surface area (Å²) in [6.07, 6.45) is 1.82. The summed E-state index contributed by atoms with van der Waals surface area (Å²) in [5.74, 6) is -3.22. The average molecular weight is 1040 g/mol. The molecule has 5 heteroatoms. The minimum absolute atomic E-state index is 0. The molecule has 8 aromatic rings. The van der Waals surface area contributed by atoms with Crippen molar-refractivity contribution in [2.75, 3.05) is 0 Å². The van der Waals surface area contributed by atoms with E-state index in [9.17, 15) is 6.48 Å². The fourth-order valence-electron chi connectivity index (χ4n) is 8.68. The number of aromatic hydroxyl groups is 1. The number of para-hydroxylation sites is 1. The molecule has 0 unspecified atom stereocenters. The molecule has 4 nitrogen and oxygen atoms in total. The van der Waals surface area contributed by atoms with Gasteiger partial charge in [-0.2, -0.15) is 0 Å². The first-order valence-corrected chi connectivity index (χ1v) is 22.3. The number of imidazole rings is 1. The molecule has 2 heterocycles. The maximum atomic E-state index is 12.4. The summed E-state index contributed by atoms with van der Waals surface area (Å²) in [7, 11) is 0. The molecule has 0 radical (unpaired) electrons. The van der Waals surface area contributed by atoms with Crippen molar-refractivity contribution in [3.63, 3.8) is 0 Å². The van der Waals surface area contributed by atoms with E-state index < -0.39 is 24.5 Å². The molecule has 1 N–H and O–H groups in total. The molecular weight excluding hydrogens is 974 g/mol. The van der Waals surface area contributed by atoms with Crippen molar-refractivity contribution in [3.8, 4) is 67.5 Å². The Morgan fingerprint density at radius 3 is 2.02 bits per heavy atom. The number of fused-ring (bicyclic) bond motifs is 1. The Kier molecular flexibility index (Phi) is 11.5. The number of aryl methyl sites for hydroxylation is 2. The van der Waals surface area contributed by atoms with E-state index in [4.69, 9.17) is 16.8 Å². The number of aromatic nitrogens is 3. The number of nitrogens with zero attached hydrogens (tertiary/aromatic N) is 3. The smallest absolute Gasteiger partial charge is 0.148 e. The van der Waals surface area contributed by atoms with Crippen LogP contribution in [0.2, 0.25) is 0 Å². The van der Waals surface area contributed by atoms with Crippen molar-refractivity contribution >= 4 is 11.0 Å². The Labute approximate surface area is 410 Å². The molecular formula is C60H64N3OPt-. The quantitative estimate of drug-likeness (QED) is 0.139. The van der Waals surface area contributed by atoms with E-state index in [1.165, 1.54) is 5.56 Å². The van der Waals surface area contributed by atoms with E-state index in [-0.39, 0.29) is 55.1 Å². The van der Waals surface area contributed by atoms with Crippen molar-refractivity contribution in [3.05, 3.63) is 166 Å². The number of rotatable bonds is 10. The first kappa shape index (κ1) is 39.8. The third-order valence-corrected chi connectivity index (χ3v) is 12.4. The van der Waals surface area contributed by atoms with Crippen LogP contribution in [0.1, 0.15) is 147 Å². The van der Waals surface area contributed by atoms with E-state index in [1.807, 2.05) is 79.2 Å². The maximum Gasteiger partial charge on any atom is 0.148 e. The van der Waals surface area contributed by atoms with Crippen molar-refractivity contribution in [1.82, 2.24) is 14.5 Å². The molecule has 0 spiro atoms. The van der Waals surface area contributed by atoms with E-state index >= 15 is 0 Å². The summed E-state index contributed by atoms with van der Waals surface area (Å²) >= 11 is 0. The second-order valence-electron chi connectivity index (χ2n) is 19.3. The largest absolute Gasteiger partial charge is 0.507 e. The van der Waals surface area contributed by atoms with Gasteiger partial charge < -0.3 is 5.11 Å². The molecule has 0 aliphatic rings. The fraction of sp³-hybridized carbons (Fsp3) is 0.300. The summed E-state index contributed by atoms with van der Waals surface area (Å²) in [6.45, 7) is 20.8. The van der Waals surface area contributed by atoms with E-state index in [1.54, 1.807) is 45.9 Å². The van der Waals surface area contributed by atoms with Crippen LogP contribution in [0.4, 0.5) is 0 Å². The van der Waals surface area contributed by atoms with Gasteiger partial charge in [-0.3, -0.25) is 9.55 Å². The van der Waals surface area contributed by atoms with Gasteiger partial charge in [0.1, 0.15) is 11.6 Å². The molecule has 0 aliphatic heterocycles. The zero-order valence-corrected chi connectivity index (χ0v) is 42.0. The third kappa shape index (κ3) is 9.30. The van der Waals surface area contributed by atoms with Crippen LogP contribution >= 0.6 is 0 Å². The molecule has 65 heavy (non-hydrogen) atoms. The molecule has 0 aliphatic carbocycles. The molecule has 336 valence electrons. The SMILES string of the molecule is [2H]C([2H])([2H])c1cc(-c2c(C(C)C)cccc2C([2H])(C)C)ccc1-n1c(-c2cc(C([2H])(C)C)cc(C([2H])(C)C)c2O)nc2c(-c3[c-]c(-c4cc(-c5ccc(C)cc5)ccn4)cc(C(C)(C)C)c3)cccc21.[Pt]. The monoisotopic (exact) mass is 1040 g/mol. The van der Waals surface area contributed by atoms with Gasteiger partial charge in [0.05, 0.1) is 22.3 Å². The van der Waals surface area contributed by atoms with Crippen LogP contribution in [0.3, 0.4) is 0 Å². The van der Waals surface area contributed by atoms with Gasteiger partial charge in [0, 0.05) is 41.2 Å². The molecule has 6 aromatic carbocycles. The predicted molar refractivity (Wildman–Crippen MR) is 271 cm³/mol. The second kappa shape index (κ2) is 18.7. The minimum atomic E-state index is -2.63. The van der Waals surface area contributed by atoms with Crippen molar-refractivity contribution in [2.24, 2.45) is 0 Å². The Balaban J connectivity index is 0.00000741. The van der Waals surface area contributed by atoms with Gasteiger partial charge in [-0.15, -0.1) is 29.3 Å². The number of benzene rings is 6. The van der Waals surface area contributed by atoms with Gasteiger partial charge in [0.2, 0.25) is 0 Å². The molecule has 2 aromatic heterocycles. The third-order valence-electron chi connectivity index (χ3n) is 12.4. The molecule has 8 rings (SSSR count). The van der Waals surface area contributed by atoms with Gasteiger partial charge in [-0.05, 0) is 123 Å². The Morgan fingerprint density at radius 2 is 1.35 bits per heavy atom. The first-order chi connectivity index (χ1) is 32.5. The van der Waals surface area contributed by atoms with Crippen LogP contribution in [0.25, 0.3) is 72.7 Å². The average Bonchev–Trinajstić information content (AvgIpc) is 3.66. The molecule has 0 bridgehead atoms. The van der Waals surface area contributed by atoms with Crippen LogP contribution in [-0.2, 0) is 26.5 Å². The molecule has 0 saturated carbocycles. The van der Waals surface area contributed by atoms with Crippen molar-refractivity contribution < 1.29 is 34.4 Å². The number of pyridine rings is 1.